The average Bonchev–Trinajstić information content (AvgIpc) is 2.69. The maximum atomic E-state index is 11.8. The highest BCUT2D eigenvalue weighted by atomic mass is 35.5. The number of hydrogen-bond donors (Lipinski definition) is 1. The summed E-state index contributed by atoms with van der Waals surface area (Å²) in [5.41, 5.74) is 2.23. The van der Waals surface area contributed by atoms with Crippen molar-refractivity contribution in [2.75, 3.05) is 16.8 Å². The van der Waals surface area contributed by atoms with Gasteiger partial charge in [0.1, 0.15) is 12.1 Å². The van der Waals surface area contributed by atoms with Crippen LogP contribution in [-0.4, -0.2) is 26.4 Å². The fraction of sp³-hybridized carbons (Fsp3) is 0.167. The molecule has 0 aliphatic carbocycles. The first-order valence-electron chi connectivity index (χ1n) is 8.31. The quantitative estimate of drug-likeness (QED) is 0.542. The molecule has 0 saturated heterocycles. The van der Waals surface area contributed by atoms with Gasteiger partial charge < -0.3 is 10.2 Å². The maximum Gasteiger partial charge on any atom is 0.353 e. The molecule has 1 aliphatic heterocycles. The van der Waals surface area contributed by atoms with Gasteiger partial charge in [-0.25, -0.2) is 15.0 Å². The van der Waals surface area contributed by atoms with Gasteiger partial charge in [0.05, 0.1) is 9.95 Å². The van der Waals surface area contributed by atoms with Crippen LogP contribution >= 0.6 is 11.6 Å². The van der Waals surface area contributed by atoms with E-state index in [-0.39, 0.29) is 11.5 Å². The smallest absolute Gasteiger partial charge is 0.346 e. The molecule has 1 N–H and O–H groups in total. The molecule has 9 heteroatoms. The molecule has 0 saturated carbocycles. The summed E-state index contributed by atoms with van der Waals surface area (Å²) in [5, 5.41) is 15.2. The Labute approximate surface area is 160 Å². The molecule has 0 bridgehead atoms. The molecule has 136 valence electrons. The zero-order valence-corrected chi connectivity index (χ0v) is 14.9. The van der Waals surface area contributed by atoms with Crippen molar-refractivity contribution in [3.63, 3.8) is 0 Å². The predicted molar refractivity (Wildman–Crippen MR) is 102 cm³/mol. The molecule has 2 aromatic heterocycles. The fourth-order valence-electron chi connectivity index (χ4n) is 3.11. The Kier molecular flexibility index (Phi) is 4.55. The summed E-state index contributed by atoms with van der Waals surface area (Å²) < 4.78 is 0. The van der Waals surface area contributed by atoms with E-state index in [2.05, 4.69) is 26.3 Å². The lowest BCUT2D eigenvalue weighted by Crippen LogP contribution is -2.31. The highest BCUT2D eigenvalue weighted by molar-refractivity contribution is 6.30. The number of benzene rings is 1. The first kappa shape index (κ1) is 17.2. The van der Waals surface area contributed by atoms with Gasteiger partial charge in [-0.2, -0.15) is 0 Å². The summed E-state index contributed by atoms with van der Waals surface area (Å²) in [7, 11) is 0. The predicted octanol–water partition coefficient (Wildman–Crippen LogP) is 3.74. The number of halogens is 1. The molecular formula is C18H15ClN6O2. The molecule has 0 radical (unpaired) electrons. The fourth-order valence-corrected chi connectivity index (χ4v) is 3.22. The Morgan fingerprint density at radius 1 is 1.11 bits per heavy atom. The number of nitrogens with zero attached hydrogens (tertiary/aromatic N) is 5. The van der Waals surface area contributed by atoms with E-state index in [9.17, 15) is 10.1 Å². The van der Waals surface area contributed by atoms with Crippen LogP contribution in [0.1, 0.15) is 11.1 Å². The lowest BCUT2D eigenvalue weighted by Gasteiger charge is -2.29. The van der Waals surface area contributed by atoms with Crippen molar-refractivity contribution >= 4 is 34.7 Å². The third-order valence-corrected chi connectivity index (χ3v) is 4.61. The Morgan fingerprint density at radius 3 is 2.67 bits per heavy atom. The minimum absolute atomic E-state index is 0.0960. The lowest BCUT2D eigenvalue weighted by atomic mass is 10.00. The molecule has 27 heavy (non-hydrogen) atoms. The summed E-state index contributed by atoms with van der Waals surface area (Å²) in [5.74, 6) is 0.802. The molecule has 8 nitrogen and oxygen atoms in total. The highest BCUT2D eigenvalue weighted by Crippen LogP contribution is 2.35. The Hall–Kier alpha value is -3.26. The van der Waals surface area contributed by atoms with E-state index in [0.29, 0.717) is 29.7 Å². The van der Waals surface area contributed by atoms with Crippen LogP contribution in [0.25, 0.3) is 0 Å². The van der Waals surface area contributed by atoms with Crippen LogP contribution in [0, 0.1) is 10.1 Å². The summed E-state index contributed by atoms with van der Waals surface area (Å²) in [6, 6.07) is 11.4. The van der Waals surface area contributed by atoms with Crippen molar-refractivity contribution in [1.82, 2.24) is 15.0 Å². The van der Waals surface area contributed by atoms with E-state index >= 15 is 0 Å². The maximum absolute atomic E-state index is 11.8. The van der Waals surface area contributed by atoms with Gasteiger partial charge in [-0.05, 0) is 29.7 Å². The van der Waals surface area contributed by atoms with Gasteiger partial charge in [0.25, 0.3) is 0 Å². The molecule has 0 atom stereocenters. The number of anilines is 3. The normalized spacial score (nSPS) is 13.1. The number of rotatable bonds is 4. The Balaban J connectivity index is 1.69. The topological polar surface area (TPSA) is 97.1 Å². The highest BCUT2D eigenvalue weighted by Gasteiger charge is 2.29. The molecule has 1 aromatic carbocycles. The van der Waals surface area contributed by atoms with Gasteiger partial charge in [-0.3, -0.25) is 10.1 Å². The van der Waals surface area contributed by atoms with Crippen molar-refractivity contribution in [3.8, 4) is 0 Å². The van der Waals surface area contributed by atoms with Crippen LogP contribution in [0.2, 0.25) is 5.02 Å². The summed E-state index contributed by atoms with van der Waals surface area (Å²) >= 11 is 5.83. The van der Waals surface area contributed by atoms with Crippen molar-refractivity contribution < 1.29 is 4.92 Å². The average molecular weight is 383 g/mol. The third-order valence-electron chi connectivity index (χ3n) is 4.39. The Morgan fingerprint density at radius 2 is 1.93 bits per heavy atom. The molecular weight excluding hydrogens is 368 g/mol. The summed E-state index contributed by atoms with van der Waals surface area (Å²) in [4.78, 5) is 25.6. The molecule has 0 spiro atoms. The summed E-state index contributed by atoms with van der Waals surface area (Å²) in [6.45, 7) is 1.21. The number of nitrogens with one attached hydrogen (secondary N) is 1. The molecule has 1 aliphatic rings. The summed E-state index contributed by atoms with van der Waals surface area (Å²) in [6.07, 6.45) is 3.58. The standard InChI is InChI=1S/C18H15ClN6O2/c19-14-5-6-15(20-9-14)23-17-16(25(26)27)18(22-11-21-17)24-8-7-12-3-1-2-4-13(12)10-24/h1-6,9,11H,7-8,10H2,(H,20,21,22,23). The minimum atomic E-state index is -0.464. The molecule has 0 unspecified atom stereocenters. The second-order valence-electron chi connectivity index (χ2n) is 6.08. The van der Waals surface area contributed by atoms with E-state index < -0.39 is 4.92 Å². The number of pyridine rings is 1. The van der Waals surface area contributed by atoms with Gasteiger partial charge in [-0.15, -0.1) is 0 Å². The zero-order chi connectivity index (χ0) is 18.8. The number of nitro groups is 1. The second kappa shape index (κ2) is 7.16. The number of aromatic nitrogens is 3. The van der Waals surface area contributed by atoms with Crippen LogP contribution in [-0.2, 0) is 13.0 Å². The van der Waals surface area contributed by atoms with Crippen molar-refractivity contribution in [2.45, 2.75) is 13.0 Å². The van der Waals surface area contributed by atoms with E-state index in [1.165, 1.54) is 18.1 Å². The van der Waals surface area contributed by atoms with Crippen molar-refractivity contribution in [2.24, 2.45) is 0 Å². The molecule has 0 amide bonds. The van der Waals surface area contributed by atoms with E-state index in [1.54, 1.807) is 12.1 Å². The van der Waals surface area contributed by atoms with Gasteiger partial charge in [0.2, 0.25) is 11.6 Å². The van der Waals surface area contributed by atoms with Crippen molar-refractivity contribution in [1.29, 1.82) is 0 Å². The van der Waals surface area contributed by atoms with Gasteiger partial charge in [-0.1, -0.05) is 35.9 Å². The van der Waals surface area contributed by atoms with E-state index in [4.69, 9.17) is 11.6 Å². The van der Waals surface area contributed by atoms with Crippen LogP contribution in [0.5, 0.6) is 0 Å². The zero-order valence-electron chi connectivity index (χ0n) is 14.2. The largest absolute Gasteiger partial charge is 0.353 e. The van der Waals surface area contributed by atoms with Crippen LogP contribution in [0.3, 0.4) is 0 Å². The van der Waals surface area contributed by atoms with E-state index in [0.717, 1.165) is 12.0 Å². The van der Waals surface area contributed by atoms with Crippen LogP contribution < -0.4 is 10.2 Å². The SMILES string of the molecule is O=[N+]([O-])c1c(Nc2ccc(Cl)cn2)ncnc1N1CCc2ccccc2C1. The monoisotopic (exact) mass is 382 g/mol. The number of hydrogen-bond acceptors (Lipinski definition) is 7. The van der Waals surface area contributed by atoms with Gasteiger partial charge in [0.15, 0.2) is 0 Å². The van der Waals surface area contributed by atoms with Gasteiger partial charge in [0, 0.05) is 19.3 Å². The number of fused-ring (bicyclic) bond motifs is 1. The third kappa shape index (κ3) is 3.52. The second-order valence-corrected chi connectivity index (χ2v) is 6.51. The first-order chi connectivity index (χ1) is 13.1. The first-order valence-corrected chi connectivity index (χ1v) is 8.69. The molecule has 3 heterocycles. The minimum Gasteiger partial charge on any atom is -0.346 e. The Bertz CT molecular complexity index is 995. The van der Waals surface area contributed by atoms with Crippen LogP contribution in [0.15, 0.2) is 48.9 Å². The molecule has 4 rings (SSSR count). The van der Waals surface area contributed by atoms with Crippen molar-refractivity contribution in [3.05, 3.63) is 75.2 Å². The molecule has 3 aromatic rings. The lowest BCUT2D eigenvalue weighted by molar-refractivity contribution is -0.383. The molecule has 0 fully saturated rings. The van der Waals surface area contributed by atoms with Gasteiger partial charge >= 0.3 is 5.69 Å². The van der Waals surface area contributed by atoms with E-state index in [1.807, 2.05) is 23.1 Å². The van der Waals surface area contributed by atoms with Crippen LogP contribution in [0.4, 0.5) is 23.1 Å².